The van der Waals surface area contributed by atoms with E-state index in [1.807, 2.05) is 11.8 Å². The molecule has 4 nitrogen and oxygen atoms in total. The molecule has 6 heteroatoms. The Kier molecular flexibility index (Phi) is 7.15. The largest absolute Gasteiger partial charge is 0.704 e. The maximum Gasteiger partial charge on any atom is 0.704 e. The molecule has 3 aliphatic heterocycles. The lowest BCUT2D eigenvalue weighted by Gasteiger charge is -2.29. The van der Waals surface area contributed by atoms with E-state index in [9.17, 15) is 0 Å². The normalized spacial score (nSPS) is 23.0. The molecule has 0 aromatic heterocycles. The van der Waals surface area contributed by atoms with Crippen LogP contribution in [-0.4, -0.2) is 51.6 Å². The van der Waals surface area contributed by atoms with Gasteiger partial charge in [-0.25, -0.2) is 0 Å². The Labute approximate surface area is 266 Å². The number of fused-ring (bicyclic) bond motifs is 5. The van der Waals surface area contributed by atoms with Crippen molar-refractivity contribution in [2.45, 2.75) is 69.5 Å². The van der Waals surface area contributed by atoms with Gasteiger partial charge in [-0.1, -0.05) is 66.3 Å². The van der Waals surface area contributed by atoms with Crippen LogP contribution in [0, 0.1) is 20.8 Å². The van der Waals surface area contributed by atoms with E-state index in [-0.39, 0.29) is 0 Å². The fraction of sp³-hybridized carbons (Fsp3) is 0.316. The van der Waals surface area contributed by atoms with E-state index in [4.69, 9.17) is 9.47 Å². The van der Waals surface area contributed by atoms with Gasteiger partial charge in [0.25, 0.3) is 0 Å². The Morgan fingerprint density at radius 2 is 1.39 bits per heavy atom. The molecule has 3 heterocycles. The van der Waals surface area contributed by atoms with Crippen molar-refractivity contribution in [3.8, 4) is 22.6 Å². The molecule has 222 valence electrons. The smallest absolute Gasteiger partial charge is 0.340 e. The quantitative estimate of drug-likeness (QED) is 0.0960. The van der Waals surface area contributed by atoms with Gasteiger partial charge in [-0.05, 0) is 103 Å². The molecule has 0 amide bonds. The SMILES string of the molecule is Cc1cc(C)c2c(c1)C=[N+]1C3CCCCC3[N+]3=Cc4cc(-c5ccc(SCCPc6ccccc6)cc5)cc(C)c4OC13O2. The van der Waals surface area contributed by atoms with Crippen LogP contribution in [0.1, 0.15) is 53.5 Å². The summed E-state index contributed by atoms with van der Waals surface area (Å²) in [7, 11) is 0.868. The number of aryl methyl sites for hydroxylation is 3. The first-order valence-corrected chi connectivity index (χ1v) is 18.1. The Morgan fingerprint density at radius 1 is 0.750 bits per heavy atom. The minimum Gasteiger partial charge on any atom is -0.340 e. The van der Waals surface area contributed by atoms with Crippen molar-refractivity contribution < 1.29 is 18.6 Å². The number of hydrogen-bond acceptors (Lipinski definition) is 3. The summed E-state index contributed by atoms with van der Waals surface area (Å²) in [6.07, 6.45) is 10.6. The van der Waals surface area contributed by atoms with Gasteiger partial charge in [0.15, 0.2) is 23.9 Å². The van der Waals surface area contributed by atoms with Gasteiger partial charge in [-0.15, -0.1) is 11.8 Å². The number of nitrogens with zero attached hydrogens (tertiary/aromatic N) is 2. The average molecular weight is 619 g/mol. The van der Waals surface area contributed by atoms with Crippen LogP contribution in [0.3, 0.4) is 0 Å². The lowest BCUT2D eigenvalue weighted by molar-refractivity contribution is -0.866. The molecule has 0 bridgehead atoms. The van der Waals surface area contributed by atoms with Crippen LogP contribution in [0.5, 0.6) is 11.5 Å². The third-order valence-corrected chi connectivity index (χ3v) is 12.1. The molecule has 4 atom stereocenters. The monoisotopic (exact) mass is 618 g/mol. The highest BCUT2D eigenvalue weighted by Crippen LogP contribution is 2.46. The first-order chi connectivity index (χ1) is 21.5. The van der Waals surface area contributed by atoms with Crippen LogP contribution in [0.15, 0.2) is 83.8 Å². The number of ether oxygens (including phenoxy) is 2. The molecule has 4 aromatic rings. The summed E-state index contributed by atoms with van der Waals surface area (Å²) in [4.78, 5) is 1.33. The zero-order chi connectivity index (χ0) is 29.8. The Balaban J connectivity index is 1.08. The van der Waals surface area contributed by atoms with Crippen molar-refractivity contribution >= 4 is 38.1 Å². The van der Waals surface area contributed by atoms with Gasteiger partial charge in [0.1, 0.15) is 0 Å². The fourth-order valence-corrected chi connectivity index (χ4v) is 9.63. The first-order valence-electron chi connectivity index (χ1n) is 15.9. The second-order valence-electron chi connectivity index (χ2n) is 12.6. The molecule has 1 saturated heterocycles. The lowest BCUT2D eigenvalue weighted by Crippen LogP contribution is -2.60. The molecule has 1 saturated carbocycles. The van der Waals surface area contributed by atoms with Crippen molar-refractivity contribution in [2.24, 2.45) is 0 Å². The second-order valence-corrected chi connectivity index (χ2v) is 15.2. The van der Waals surface area contributed by atoms with Gasteiger partial charge in [-0.2, -0.15) is 0 Å². The minimum absolute atomic E-state index is 0.353. The Morgan fingerprint density at radius 3 is 2.07 bits per heavy atom. The predicted molar refractivity (Wildman–Crippen MR) is 183 cm³/mol. The van der Waals surface area contributed by atoms with Gasteiger partial charge >= 0.3 is 6.03 Å². The summed E-state index contributed by atoms with van der Waals surface area (Å²) >= 11 is 1.95. The molecule has 4 aliphatic rings. The third-order valence-electron chi connectivity index (χ3n) is 9.50. The van der Waals surface area contributed by atoms with Crippen molar-refractivity contribution in [1.29, 1.82) is 0 Å². The third kappa shape index (κ3) is 4.80. The highest BCUT2D eigenvalue weighted by atomic mass is 32.2. The van der Waals surface area contributed by atoms with Crippen LogP contribution in [0.4, 0.5) is 0 Å². The van der Waals surface area contributed by atoms with Crippen LogP contribution in [-0.2, 0) is 0 Å². The van der Waals surface area contributed by atoms with Gasteiger partial charge in [0.05, 0.1) is 11.1 Å². The minimum atomic E-state index is -0.980. The van der Waals surface area contributed by atoms with Gasteiger partial charge in [0, 0.05) is 23.5 Å². The van der Waals surface area contributed by atoms with Crippen molar-refractivity contribution in [1.82, 2.24) is 0 Å². The standard InChI is InChI=1S/C38H39N2O2PS/c1-25-19-26(2)36-30(20-25)23-39-34-11-7-8-12-35(34)40-24-31-22-29(21-27(3)37(31)42-38(39,40)41-36)28-13-15-33(16-14-28)44-18-17-43-32-9-5-4-6-10-32/h4-6,9-10,13-16,19-24,34-35,43H,7-8,11-12,17-18H2,1-3H3/q+2. The van der Waals surface area contributed by atoms with E-state index in [0.29, 0.717) is 12.1 Å². The molecule has 0 N–H and O–H groups in total. The van der Waals surface area contributed by atoms with Crippen LogP contribution in [0.25, 0.3) is 11.1 Å². The van der Waals surface area contributed by atoms with E-state index < -0.39 is 6.03 Å². The molecule has 8 rings (SSSR count). The molecule has 1 spiro atoms. The van der Waals surface area contributed by atoms with Crippen molar-refractivity contribution in [2.75, 3.05) is 11.9 Å². The summed E-state index contributed by atoms with van der Waals surface area (Å²) in [5.41, 5.74) is 8.29. The molecular formula is C38H39N2O2PS+2. The maximum atomic E-state index is 7.07. The summed E-state index contributed by atoms with van der Waals surface area (Å²) in [5, 5.41) is 1.45. The Hall–Kier alpha value is -3.40. The first kappa shape index (κ1) is 28.1. The molecule has 4 unspecified atom stereocenters. The van der Waals surface area contributed by atoms with E-state index in [1.165, 1.54) is 45.9 Å². The molecule has 44 heavy (non-hydrogen) atoms. The van der Waals surface area contributed by atoms with Crippen LogP contribution in [0.2, 0.25) is 0 Å². The van der Waals surface area contributed by atoms with Gasteiger partial charge < -0.3 is 9.47 Å². The molecule has 0 radical (unpaired) electrons. The topological polar surface area (TPSA) is 24.5 Å². The number of benzene rings is 4. The number of rotatable bonds is 6. The van der Waals surface area contributed by atoms with Crippen molar-refractivity contribution in [3.63, 3.8) is 0 Å². The van der Waals surface area contributed by atoms with E-state index in [2.05, 4.69) is 121 Å². The Bertz CT molecular complexity index is 1820. The fourth-order valence-electron chi connectivity index (χ4n) is 7.53. The summed E-state index contributed by atoms with van der Waals surface area (Å²) in [6, 6.07) is 28.6. The van der Waals surface area contributed by atoms with E-state index in [1.54, 1.807) is 0 Å². The van der Waals surface area contributed by atoms with E-state index >= 15 is 0 Å². The van der Waals surface area contributed by atoms with Crippen molar-refractivity contribution in [3.05, 3.63) is 107 Å². The molecule has 4 aromatic carbocycles. The highest BCUT2D eigenvalue weighted by molar-refractivity contribution is 7.99. The summed E-state index contributed by atoms with van der Waals surface area (Å²) in [6.45, 7) is 6.47. The molecule has 2 fully saturated rings. The highest BCUT2D eigenvalue weighted by Gasteiger charge is 2.76. The summed E-state index contributed by atoms with van der Waals surface area (Å²) in [5.74, 6) is 2.98. The van der Waals surface area contributed by atoms with Crippen LogP contribution >= 0.6 is 20.3 Å². The number of hydrogen-bond donors (Lipinski definition) is 0. The van der Waals surface area contributed by atoms with E-state index in [0.717, 1.165) is 60.9 Å². The maximum absolute atomic E-state index is 7.07. The van der Waals surface area contributed by atoms with Gasteiger partial charge in [0.2, 0.25) is 12.1 Å². The van der Waals surface area contributed by atoms with Gasteiger partial charge in [-0.3, -0.25) is 0 Å². The average Bonchev–Trinajstić information content (AvgIpc) is 3.31. The lowest BCUT2D eigenvalue weighted by atomic mass is 9.91. The zero-order valence-corrected chi connectivity index (χ0v) is 27.5. The zero-order valence-electron chi connectivity index (χ0n) is 25.7. The predicted octanol–water partition coefficient (Wildman–Crippen LogP) is 7.66. The second kappa shape index (κ2) is 11.2. The molecule has 1 aliphatic carbocycles. The van der Waals surface area contributed by atoms with Crippen LogP contribution < -0.4 is 14.8 Å². The number of thioether (sulfide) groups is 1. The molecular weight excluding hydrogens is 579 g/mol. The summed E-state index contributed by atoms with van der Waals surface area (Å²) < 4.78 is 18.9.